The van der Waals surface area contributed by atoms with Crippen molar-refractivity contribution in [2.45, 2.75) is 25.6 Å². The van der Waals surface area contributed by atoms with Crippen LogP contribution in [0.5, 0.6) is 0 Å². The van der Waals surface area contributed by atoms with Crippen molar-refractivity contribution in [3.05, 3.63) is 58.9 Å². The minimum Gasteiger partial charge on any atom is -0.388 e. The van der Waals surface area contributed by atoms with Gasteiger partial charge in [0, 0.05) is 32.9 Å². The largest absolute Gasteiger partial charge is 0.388 e. The molecule has 0 spiro atoms. The molecule has 2 aromatic rings. The Morgan fingerprint density at radius 2 is 2.19 bits per heavy atom. The summed E-state index contributed by atoms with van der Waals surface area (Å²) >= 11 is 0. The predicted molar refractivity (Wildman–Crippen MR) is 80.3 cm³/mol. The van der Waals surface area contributed by atoms with E-state index in [1.807, 2.05) is 42.1 Å². The van der Waals surface area contributed by atoms with Crippen molar-refractivity contribution < 1.29 is 5.11 Å². The van der Waals surface area contributed by atoms with Gasteiger partial charge in [0.1, 0.15) is 11.8 Å². The number of rotatable bonds is 2. The fourth-order valence-electron chi connectivity index (χ4n) is 3.01. The molecule has 0 bridgehead atoms. The number of aryl methyl sites for hydroxylation is 1. The number of fused-ring (bicyclic) bond motifs is 1. The second-order valence-electron chi connectivity index (χ2n) is 5.67. The molecule has 108 valence electrons. The molecule has 0 amide bonds. The minimum absolute atomic E-state index is 0.378. The van der Waals surface area contributed by atoms with E-state index in [1.165, 1.54) is 5.56 Å². The number of hydrogen-bond donors (Lipinski definition) is 1. The number of nitriles is 1. The molecule has 2 heterocycles. The first kappa shape index (κ1) is 13.9. The highest BCUT2D eigenvalue weighted by Gasteiger charge is 2.20. The molecule has 1 aromatic heterocycles. The predicted octanol–water partition coefficient (Wildman–Crippen LogP) is 2.34. The molecule has 0 aliphatic carbocycles. The molecule has 1 N–H and O–H groups in total. The SMILES string of the molecule is Cn1cc(CN2CCC(O)c3ccccc3C2)cc1C#N. The fraction of sp³-hybridized carbons (Fsp3) is 0.353. The lowest BCUT2D eigenvalue weighted by molar-refractivity contribution is 0.149. The van der Waals surface area contributed by atoms with Gasteiger partial charge in [-0.25, -0.2) is 0 Å². The molecule has 0 fully saturated rings. The van der Waals surface area contributed by atoms with Gasteiger partial charge in [-0.15, -0.1) is 0 Å². The van der Waals surface area contributed by atoms with Gasteiger partial charge in [-0.05, 0) is 29.2 Å². The molecule has 0 radical (unpaired) electrons. The van der Waals surface area contributed by atoms with Crippen molar-refractivity contribution in [2.75, 3.05) is 6.54 Å². The van der Waals surface area contributed by atoms with Gasteiger partial charge >= 0.3 is 0 Å². The van der Waals surface area contributed by atoms with Crippen LogP contribution >= 0.6 is 0 Å². The number of nitrogens with zero attached hydrogens (tertiary/aromatic N) is 3. The summed E-state index contributed by atoms with van der Waals surface area (Å²) in [7, 11) is 1.89. The van der Waals surface area contributed by atoms with E-state index >= 15 is 0 Å². The van der Waals surface area contributed by atoms with Gasteiger partial charge in [0.25, 0.3) is 0 Å². The van der Waals surface area contributed by atoms with Crippen LogP contribution in [0.2, 0.25) is 0 Å². The lowest BCUT2D eigenvalue weighted by atomic mass is 10.0. The third kappa shape index (κ3) is 2.85. The molecule has 4 nitrogen and oxygen atoms in total. The van der Waals surface area contributed by atoms with Crippen LogP contribution in [0, 0.1) is 11.3 Å². The Balaban J connectivity index is 1.80. The lowest BCUT2D eigenvalue weighted by Gasteiger charge is -2.19. The standard InChI is InChI=1S/C17H19N3O/c1-19-10-13(8-15(19)9-18)11-20-7-6-17(21)16-5-3-2-4-14(16)12-20/h2-5,8,10,17,21H,6-7,11-12H2,1H3. The van der Waals surface area contributed by atoms with Crippen LogP contribution in [0.4, 0.5) is 0 Å². The maximum absolute atomic E-state index is 10.2. The summed E-state index contributed by atoms with van der Waals surface area (Å²) < 4.78 is 1.86. The second kappa shape index (κ2) is 5.72. The van der Waals surface area contributed by atoms with Crippen LogP contribution in [0.25, 0.3) is 0 Å². The molecule has 0 saturated carbocycles. The Labute approximate surface area is 124 Å². The zero-order valence-electron chi connectivity index (χ0n) is 12.2. The normalized spacial score (nSPS) is 18.8. The van der Waals surface area contributed by atoms with Crippen molar-refractivity contribution in [3.8, 4) is 6.07 Å². The number of benzene rings is 1. The van der Waals surface area contributed by atoms with Crippen LogP contribution in [-0.4, -0.2) is 21.1 Å². The fourth-order valence-corrected chi connectivity index (χ4v) is 3.01. The van der Waals surface area contributed by atoms with E-state index in [1.54, 1.807) is 0 Å². The second-order valence-corrected chi connectivity index (χ2v) is 5.67. The molecule has 4 heteroatoms. The van der Waals surface area contributed by atoms with E-state index in [2.05, 4.69) is 17.0 Å². The first-order valence-electron chi connectivity index (χ1n) is 7.21. The summed E-state index contributed by atoms with van der Waals surface area (Å²) in [5.41, 5.74) is 4.06. The van der Waals surface area contributed by atoms with E-state index in [0.717, 1.165) is 37.2 Å². The molecule has 0 saturated heterocycles. The Bertz CT molecular complexity index is 684. The van der Waals surface area contributed by atoms with Crippen molar-refractivity contribution in [1.29, 1.82) is 5.26 Å². The van der Waals surface area contributed by atoms with Gasteiger partial charge in [0.05, 0.1) is 6.10 Å². The molecular formula is C17H19N3O. The first-order valence-corrected chi connectivity index (χ1v) is 7.21. The Morgan fingerprint density at radius 1 is 1.38 bits per heavy atom. The van der Waals surface area contributed by atoms with Gasteiger partial charge in [0.15, 0.2) is 0 Å². The maximum Gasteiger partial charge on any atom is 0.120 e. The van der Waals surface area contributed by atoms with Crippen LogP contribution in [0.1, 0.15) is 34.9 Å². The van der Waals surface area contributed by atoms with Crippen LogP contribution < -0.4 is 0 Å². The number of aliphatic hydroxyl groups excluding tert-OH is 1. The first-order chi connectivity index (χ1) is 10.2. The summed E-state index contributed by atoms with van der Waals surface area (Å²) in [6.45, 7) is 2.49. The van der Waals surface area contributed by atoms with Crippen LogP contribution in [-0.2, 0) is 20.1 Å². The van der Waals surface area contributed by atoms with E-state index in [4.69, 9.17) is 5.26 Å². The average Bonchev–Trinajstić information content (AvgIpc) is 2.76. The maximum atomic E-state index is 10.2. The molecule has 1 unspecified atom stereocenters. The van der Waals surface area contributed by atoms with Crippen molar-refractivity contribution >= 4 is 0 Å². The topological polar surface area (TPSA) is 52.2 Å². The average molecular weight is 281 g/mol. The van der Waals surface area contributed by atoms with Gasteiger partial charge < -0.3 is 9.67 Å². The molecular weight excluding hydrogens is 262 g/mol. The zero-order valence-corrected chi connectivity index (χ0v) is 12.2. The summed E-state index contributed by atoms with van der Waals surface area (Å²) in [5.74, 6) is 0. The highest BCUT2D eigenvalue weighted by Crippen LogP contribution is 2.27. The van der Waals surface area contributed by atoms with Crippen molar-refractivity contribution in [1.82, 2.24) is 9.47 Å². The van der Waals surface area contributed by atoms with Crippen LogP contribution in [0.15, 0.2) is 36.5 Å². The Kier molecular flexibility index (Phi) is 3.78. The highest BCUT2D eigenvalue weighted by molar-refractivity contribution is 5.31. The Hall–Kier alpha value is -2.09. The molecule has 1 atom stereocenters. The van der Waals surface area contributed by atoms with Gasteiger partial charge in [-0.2, -0.15) is 5.26 Å². The zero-order chi connectivity index (χ0) is 14.8. The number of aromatic nitrogens is 1. The number of aliphatic hydroxyl groups is 1. The van der Waals surface area contributed by atoms with E-state index < -0.39 is 0 Å². The monoisotopic (exact) mass is 281 g/mol. The summed E-state index contributed by atoms with van der Waals surface area (Å²) in [4.78, 5) is 2.32. The lowest BCUT2D eigenvalue weighted by Crippen LogP contribution is -2.22. The molecule has 1 aromatic carbocycles. The van der Waals surface area contributed by atoms with E-state index in [0.29, 0.717) is 5.69 Å². The third-order valence-corrected chi connectivity index (χ3v) is 4.11. The van der Waals surface area contributed by atoms with Crippen LogP contribution in [0.3, 0.4) is 0 Å². The van der Waals surface area contributed by atoms with Crippen molar-refractivity contribution in [3.63, 3.8) is 0 Å². The van der Waals surface area contributed by atoms with Gasteiger partial charge in [-0.1, -0.05) is 24.3 Å². The summed E-state index contributed by atoms with van der Waals surface area (Å²) in [6.07, 6.45) is 2.37. The highest BCUT2D eigenvalue weighted by atomic mass is 16.3. The molecule has 3 rings (SSSR count). The third-order valence-electron chi connectivity index (χ3n) is 4.11. The molecule has 1 aliphatic rings. The summed E-state index contributed by atoms with van der Waals surface area (Å²) in [6, 6.07) is 12.2. The minimum atomic E-state index is -0.378. The van der Waals surface area contributed by atoms with Gasteiger partial charge in [-0.3, -0.25) is 4.90 Å². The molecule has 1 aliphatic heterocycles. The van der Waals surface area contributed by atoms with Crippen molar-refractivity contribution in [2.24, 2.45) is 7.05 Å². The number of hydrogen-bond acceptors (Lipinski definition) is 3. The van der Waals surface area contributed by atoms with E-state index in [-0.39, 0.29) is 6.10 Å². The van der Waals surface area contributed by atoms with Gasteiger partial charge in [0.2, 0.25) is 0 Å². The summed E-state index contributed by atoms with van der Waals surface area (Å²) in [5, 5.41) is 19.3. The smallest absolute Gasteiger partial charge is 0.120 e. The van der Waals surface area contributed by atoms with E-state index in [9.17, 15) is 5.11 Å². The molecule has 21 heavy (non-hydrogen) atoms. The Morgan fingerprint density at radius 3 is 2.95 bits per heavy atom. The quantitative estimate of drug-likeness (QED) is 0.919.